The van der Waals surface area contributed by atoms with E-state index in [4.69, 9.17) is 9.84 Å². The summed E-state index contributed by atoms with van der Waals surface area (Å²) in [5.74, 6) is -5.17. The van der Waals surface area contributed by atoms with Crippen molar-refractivity contribution < 1.29 is 32.2 Å². The number of nitrogens with zero attached hydrogens (tertiary/aromatic N) is 1. The topological polar surface area (TPSA) is 49.8 Å². The third-order valence-corrected chi connectivity index (χ3v) is 4.36. The number of hydrogen-bond acceptors (Lipinski definition) is 3. The van der Waals surface area contributed by atoms with Crippen molar-refractivity contribution in [3.05, 3.63) is 77.9 Å². The van der Waals surface area contributed by atoms with Crippen LogP contribution in [0.1, 0.15) is 6.92 Å². The van der Waals surface area contributed by atoms with Gasteiger partial charge in [0.2, 0.25) is 0 Å². The fraction of sp³-hybridized carbons (Fsp3) is 0.136. The van der Waals surface area contributed by atoms with Crippen LogP contribution in [0.2, 0.25) is 0 Å². The van der Waals surface area contributed by atoms with E-state index in [2.05, 4.69) is 0 Å². The molecule has 0 amide bonds. The lowest BCUT2D eigenvalue weighted by Crippen LogP contribution is -2.21. The first-order chi connectivity index (χ1) is 14.3. The van der Waals surface area contributed by atoms with Gasteiger partial charge < -0.3 is 14.7 Å². The van der Waals surface area contributed by atoms with Gasteiger partial charge in [-0.15, -0.1) is 0 Å². The van der Waals surface area contributed by atoms with Crippen LogP contribution >= 0.6 is 0 Å². The average Bonchev–Trinajstić information content (AvgIpc) is 2.71. The van der Waals surface area contributed by atoms with E-state index in [9.17, 15) is 22.4 Å². The molecule has 3 aromatic carbocycles. The molecule has 0 aromatic heterocycles. The molecule has 3 rings (SSSR count). The SMILES string of the molecule is CCN(c1cc(-c2cccc(F)c2)ccc1F)c1c(F)ccc(OCC(=O)O)c1F. The maximum atomic E-state index is 14.9. The number of rotatable bonds is 7. The van der Waals surface area contributed by atoms with E-state index in [1.807, 2.05) is 0 Å². The van der Waals surface area contributed by atoms with Gasteiger partial charge in [0, 0.05) is 6.54 Å². The van der Waals surface area contributed by atoms with Crippen molar-refractivity contribution in [2.45, 2.75) is 6.92 Å². The highest BCUT2D eigenvalue weighted by molar-refractivity contribution is 5.74. The number of aliphatic carboxylic acids is 1. The normalized spacial score (nSPS) is 10.7. The molecular weight excluding hydrogens is 402 g/mol. The van der Waals surface area contributed by atoms with Crippen LogP contribution in [0.25, 0.3) is 11.1 Å². The molecular formula is C22H17F4NO3. The van der Waals surface area contributed by atoms with Gasteiger partial charge in [-0.05, 0) is 54.4 Å². The van der Waals surface area contributed by atoms with Crippen LogP contribution in [-0.4, -0.2) is 24.2 Å². The van der Waals surface area contributed by atoms with E-state index in [-0.39, 0.29) is 12.2 Å². The van der Waals surface area contributed by atoms with Crippen LogP contribution < -0.4 is 9.64 Å². The maximum absolute atomic E-state index is 14.9. The number of anilines is 2. The quantitative estimate of drug-likeness (QED) is 0.512. The summed E-state index contributed by atoms with van der Waals surface area (Å²) in [5.41, 5.74) is 0.193. The fourth-order valence-corrected chi connectivity index (χ4v) is 3.04. The zero-order valence-corrected chi connectivity index (χ0v) is 15.8. The van der Waals surface area contributed by atoms with Gasteiger partial charge in [0.1, 0.15) is 23.1 Å². The van der Waals surface area contributed by atoms with E-state index in [0.717, 1.165) is 23.1 Å². The summed E-state index contributed by atoms with van der Waals surface area (Å²) >= 11 is 0. The van der Waals surface area contributed by atoms with Crippen LogP contribution in [0.4, 0.5) is 28.9 Å². The zero-order chi connectivity index (χ0) is 21.8. The first-order valence-electron chi connectivity index (χ1n) is 8.97. The standard InChI is InChI=1S/C22H17F4NO3/c1-2-27(22-17(25)8-9-19(21(22)26)30-12-20(28)29)18-11-14(6-7-16(18)24)13-4-3-5-15(23)10-13/h3-11H,2,12H2,1H3,(H,28,29). The molecule has 1 N–H and O–H groups in total. The number of carboxylic acids is 1. The lowest BCUT2D eigenvalue weighted by atomic mass is 10.0. The van der Waals surface area contributed by atoms with Gasteiger partial charge >= 0.3 is 5.97 Å². The Balaban J connectivity index is 2.09. The highest BCUT2D eigenvalue weighted by Crippen LogP contribution is 2.37. The number of hydrogen-bond donors (Lipinski definition) is 1. The third-order valence-electron chi connectivity index (χ3n) is 4.36. The molecule has 0 heterocycles. The van der Waals surface area contributed by atoms with Crippen LogP contribution in [0, 0.1) is 23.3 Å². The highest BCUT2D eigenvalue weighted by Gasteiger charge is 2.24. The first kappa shape index (κ1) is 21.2. The smallest absolute Gasteiger partial charge is 0.341 e. The Bertz CT molecular complexity index is 1090. The molecule has 0 atom stereocenters. The van der Waals surface area contributed by atoms with Crippen molar-refractivity contribution in [2.75, 3.05) is 18.1 Å². The Morgan fingerprint density at radius 3 is 2.33 bits per heavy atom. The monoisotopic (exact) mass is 419 g/mol. The minimum atomic E-state index is -1.33. The largest absolute Gasteiger partial charge is 0.479 e. The molecule has 8 heteroatoms. The summed E-state index contributed by atoms with van der Waals surface area (Å²) in [5, 5.41) is 8.71. The molecule has 3 aromatic rings. The van der Waals surface area contributed by atoms with Gasteiger partial charge in [-0.3, -0.25) is 0 Å². The molecule has 30 heavy (non-hydrogen) atoms. The predicted molar refractivity (Wildman–Crippen MR) is 104 cm³/mol. The van der Waals surface area contributed by atoms with E-state index in [1.165, 1.54) is 30.3 Å². The van der Waals surface area contributed by atoms with Crippen molar-refractivity contribution in [1.82, 2.24) is 0 Å². The molecule has 4 nitrogen and oxygen atoms in total. The number of benzene rings is 3. The highest BCUT2D eigenvalue weighted by atomic mass is 19.1. The Labute approximate surface area is 169 Å². The van der Waals surface area contributed by atoms with E-state index >= 15 is 0 Å². The van der Waals surface area contributed by atoms with Crippen molar-refractivity contribution in [2.24, 2.45) is 0 Å². The Hall–Kier alpha value is -3.55. The van der Waals surface area contributed by atoms with Crippen molar-refractivity contribution >= 4 is 17.3 Å². The van der Waals surface area contributed by atoms with E-state index < -0.39 is 47.3 Å². The average molecular weight is 419 g/mol. The Morgan fingerprint density at radius 1 is 0.967 bits per heavy atom. The van der Waals surface area contributed by atoms with Gasteiger partial charge in [0.05, 0.1) is 5.69 Å². The summed E-state index contributed by atoms with van der Waals surface area (Å²) in [4.78, 5) is 11.7. The Kier molecular flexibility index (Phi) is 6.25. The Morgan fingerprint density at radius 2 is 1.67 bits per heavy atom. The van der Waals surface area contributed by atoms with Crippen LogP contribution in [0.15, 0.2) is 54.6 Å². The van der Waals surface area contributed by atoms with E-state index in [1.54, 1.807) is 13.0 Å². The minimum absolute atomic E-state index is 0.0141. The molecule has 0 saturated heterocycles. The summed E-state index contributed by atoms with van der Waals surface area (Å²) in [6.07, 6.45) is 0. The summed E-state index contributed by atoms with van der Waals surface area (Å²) in [6.45, 7) is 0.731. The van der Waals surface area contributed by atoms with Gasteiger partial charge in [0.25, 0.3) is 0 Å². The maximum Gasteiger partial charge on any atom is 0.341 e. The summed E-state index contributed by atoms with van der Waals surface area (Å²) in [6, 6.07) is 11.4. The van der Waals surface area contributed by atoms with Crippen molar-refractivity contribution in [3.8, 4) is 16.9 Å². The molecule has 0 aliphatic heterocycles. The molecule has 0 saturated carbocycles. The lowest BCUT2D eigenvalue weighted by Gasteiger charge is -2.26. The molecule has 0 aliphatic rings. The molecule has 0 radical (unpaired) electrons. The molecule has 0 aliphatic carbocycles. The predicted octanol–water partition coefficient (Wildman–Crippen LogP) is 5.53. The van der Waals surface area contributed by atoms with Gasteiger partial charge in [-0.2, -0.15) is 0 Å². The molecule has 0 fully saturated rings. The lowest BCUT2D eigenvalue weighted by molar-refractivity contribution is -0.139. The van der Waals surface area contributed by atoms with Crippen molar-refractivity contribution in [3.63, 3.8) is 0 Å². The second kappa shape index (κ2) is 8.86. The zero-order valence-electron chi connectivity index (χ0n) is 15.8. The molecule has 0 unspecified atom stereocenters. The fourth-order valence-electron chi connectivity index (χ4n) is 3.04. The van der Waals surface area contributed by atoms with Crippen molar-refractivity contribution in [1.29, 1.82) is 0 Å². The molecule has 0 bridgehead atoms. The van der Waals surface area contributed by atoms with Crippen LogP contribution in [0.3, 0.4) is 0 Å². The second-order valence-corrected chi connectivity index (χ2v) is 6.31. The van der Waals surface area contributed by atoms with E-state index in [0.29, 0.717) is 11.1 Å². The first-order valence-corrected chi connectivity index (χ1v) is 8.97. The minimum Gasteiger partial charge on any atom is -0.479 e. The van der Waals surface area contributed by atoms with Gasteiger partial charge in [0.15, 0.2) is 18.2 Å². The molecule has 156 valence electrons. The van der Waals surface area contributed by atoms with Gasteiger partial charge in [-0.25, -0.2) is 22.4 Å². The van der Waals surface area contributed by atoms with Crippen LogP contribution in [0.5, 0.6) is 5.75 Å². The van der Waals surface area contributed by atoms with Crippen LogP contribution in [-0.2, 0) is 4.79 Å². The summed E-state index contributed by atoms with van der Waals surface area (Å²) in [7, 11) is 0. The third kappa shape index (κ3) is 4.37. The summed E-state index contributed by atoms with van der Waals surface area (Å²) < 4.78 is 62.5. The second-order valence-electron chi connectivity index (χ2n) is 6.31. The number of ether oxygens (including phenoxy) is 1. The number of halogens is 4. The number of carbonyl (C=O) groups is 1. The van der Waals surface area contributed by atoms with Gasteiger partial charge in [-0.1, -0.05) is 18.2 Å². The molecule has 0 spiro atoms. The number of carboxylic acid groups (broad SMARTS) is 1.